The smallest absolute Gasteiger partial charge is 0.323 e. The van der Waals surface area contributed by atoms with Crippen LogP contribution in [0.15, 0.2) is 36.8 Å². The summed E-state index contributed by atoms with van der Waals surface area (Å²) in [5, 5.41) is 2.78. The number of nitrogens with zero attached hydrogens (tertiary/aromatic N) is 4. The van der Waals surface area contributed by atoms with Crippen LogP contribution in [-0.2, 0) is 0 Å². The highest BCUT2D eigenvalue weighted by Crippen LogP contribution is 2.23. The van der Waals surface area contributed by atoms with Gasteiger partial charge in [-0.15, -0.1) is 0 Å². The zero-order chi connectivity index (χ0) is 16.2. The van der Waals surface area contributed by atoms with E-state index in [1.807, 2.05) is 4.90 Å². The number of aryl methyl sites for hydroxylation is 1. The minimum absolute atomic E-state index is 0.119. The SMILES string of the molecule is Cc1cccc(N2CCN(C(=O)Nc3cnccn3)CC2)c1C. The molecule has 3 rings (SSSR count). The maximum atomic E-state index is 12.3. The van der Waals surface area contributed by atoms with Gasteiger partial charge in [0.15, 0.2) is 5.82 Å². The standard InChI is InChI=1S/C17H21N5O/c1-13-4-3-5-15(14(13)2)21-8-10-22(11-9-21)17(23)20-16-12-18-6-7-19-16/h3-7,12H,8-11H2,1-2H3,(H,19,20,23). The molecule has 1 N–H and O–H groups in total. The fourth-order valence-corrected chi connectivity index (χ4v) is 2.78. The third-order valence-corrected chi connectivity index (χ3v) is 4.28. The van der Waals surface area contributed by atoms with Gasteiger partial charge in [0, 0.05) is 44.3 Å². The molecule has 1 aliphatic heterocycles. The van der Waals surface area contributed by atoms with Crippen LogP contribution < -0.4 is 10.2 Å². The van der Waals surface area contributed by atoms with E-state index in [1.165, 1.54) is 16.8 Å². The van der Waals surface area contributed by atoms with Gasteiger partial charge in [0.05, 0.1) is 6.20 Å². The molecule has 1 fully saturated rings. The number of rotatable bonds is 2. The lowest BCUT2D eigenvalue weighted by molar-refractivity contribution is 0.208. The van der Waals surface area contributed by atoms with E-state index in [4.69, 9.17) is 0 Å². The molecule has 0 atom stereocenters. The summed E-state index contributed by atoms with van der Waals surface area (Å²) in [4.78, 5) is 24.4. The van der Waals surface area contributed by atoms with Crippen molar-refractivity contribution in [2.45, 2.75) is 13.8 Å². The Labute approximate surface area is 136 Å². The largest absolute Gasteiger partial charge is 0.368 e. The lowest BCUT2D eigenvalue weighted by Crippen LogP contribution is -2.50. The molecule has 0 radical (unpaired) electrons. The van der Waals surface area contributed by atoms with Gasteiger partial charge in [-0.1, -0.05) is 12.1 Å². The number of carbonyl (C=O) groups excluding carboxylic acids is 1. The number of nitrogens with one attached hydrogen (secondary N) is 1. The van der Waals surface area contributed by atoms with Crippen LogP contribution in [0, 0.1) is 13.8 Å². The summed E-state index contributed by atoms with van der Waals surface area (Å²) in [7, 11) is 0. The fraction of sp³-hybridized carbons (Fsp3) is 0.353. The highest BCUT2D eigenvalue weighted by atomic mass is 16.2. The first kappa shape index (κ1) is 15.3. The van der Waals surface area contributed by atoms with Crippen molar-refractivity contribution in [3.63, 3.8) is 0 Å². The third kappa shape index (κ3) is 3.41. The molecule has 23 heavy (non-hydrogen) atoms. The second-order valence-electron chi connectivity index (χ2n) is 5.71. The zero-order valence-corrected chi connectivity index (χ0v) is 13.5. The molecule has 0 saturated carbocycles. The quantitative estimate of drug-likeness (QED) is 0.925. The van der Waals surface area contributed by atoms with Crippen molar-refractivity contribution in [3.05, 3.63) is 47.9 Å². The molecule has 0 aliphatic carbocycles. The molecule has 0 unspecified atom stereocenters. The summed E-state index contributed by atoms with van der Waals surface area (Å²) in [6.45, 7) is 7.33. The molecule has 1 saturated heterocycles. The van der Waals surface area contributed by atoms with E-state index < -0.39 is 0 Å². The van der Waals surface area contributed by atoms with E-state index >= 15 is 0 Å². The summed E-state index contributed by atoms with van der Waals surface area (Å²) < 4.78 is 0. The highest BCUT2D eigenvalue weighted by Gasteiger charge is 2.22. The van der Waals surface area contributed by atoms with Gasteiger partial charge >= 0.3 is 6.03 Å². The molecule has 0 bridgehead atoms. The first-order chi connectivity index (χ1) is 11.1. The van der Waals surface area contributed by atoms with Crippen molar-refractivity contribution in [1.82, 2.24) is 14.9 Å². The predicted octanol–water partition coefficient (Wildman–Crippen LogP) is 2.45. The van der Waals surface area contributed by atoms with E-state index in [9.17, 15) is 4.79 Å². The van der Waals surface area contributed by atoms with Gasteiger partial charge in [-0.05, 0) is 31.0 Å². The highest BCUT2D eigenvalue weighted by molar-refractivity contribution is 5.88. The Bertz CT molecular complexity index is 681. The van der Waals surface area contributed by atoms with E-state index in [0.717, 1.165) is 13.1 Å². The van der Waals surface area contributed by atoms with Gasteiger partial charge < -0.3 is 9.80 Å². The normalized spacial score (nSPS) is 14.7. The first-order valence-electron chi connectivity index (χ1n) is 7.78. The summed E-state index contributed by atoms with van der Waals surface area (Å²) >= 11 is 0. The van der Waals surface area contributed by atoms with Crippen molar-refractivity contribution >= 4 is 17.5 Å². The number of benzene rings is 1. The number of hydrogen-bond donors (Lipinski definition) is 1. The summed E-state index contributed by atoms with van der Waals surface area (Å²) in [6.07, 6.45) is 4.69. The zero-order valence-electron chi connectivity index (χ0n) is 13.5. The van der Waals surface area contributed by atoms with Crippen LogP contribution in [0.2, 0.25) is 0 Å². The molecule has 2 heterocycles. The van der Waals surface area contributed by atoms with E-state index in [-0.39, 0.29) is 6.03 Å². The van der Waals surface area contributed by atoms with Crippen molar-refractivity contribution in [2.24, 2.45) is 0 Å². The topological polar surface area (TPSA) is 61.4 Å². The summed E-state index contributed by atoms with van der Waals surface area (Å²) in [6, 6.07) is 6.25. The Morgan fingerprint density at radius 2 is 1.91 bits per heavy atom. The van der Waals surface area contributed by atoms with Crippen molar-refractivity contribution in [3.8, 4) is 0 Å². The van der Waals surface area contributed by atoms with Gasteiger partial charge in [0.25, 0.3) is 0 Å². The summed E-state index contributed by atoms with van der Waals surface area (Å²) in [5.41, 5.74) is 3.87. The number of amides is 2. The number of hydrogen-bond acceptors (Lipinski definition) is 4. The summed E-state index contributed by atoms with van der Waals surface area (Å²) in [5.74, 6) is 0.481. The number of aromatic nitrogens is 2. The minimum atomic E-state index is -0.119. The molecule has 1 aromatic heterocycles. The lowest BCUT2D eigenvalue weighted by Gasteiger charge is -2.36. The number of urea groups is 1. The fourth-order valence-electron chi connectivity index (χ4n) is 2.78. The molecule has 6 heteroatoms. The van der Waals surface area contributed by atoms with Crippen molar-refractivity contribution < 1.29 is 4.79 Å². The second-order valence-corrected chi connectivity index (χ2v) is 5.71. The molecular formula is C17H21N5O. The van der Waals surface area contributed by atoms with Crippen molar-refractivity contribution in [1.29, 1.82) is 0 Å². The Kier molecular flexibility index (Phi) is 4.41. The van der Waals surface area contributed by atoms with Gasteiger partial charge in [-0.2, -0.15) is 0 Å². The van der Waals surface area contributed by atoms with Crippen LogP contribution >= 0.6 is 0 Å². The van der Waals surface area contributed by atoms with Gasteiger partial charge in [-0.3, -0.25) is 10.3 Å². The number of piperazine rings is 1. The third-order valence-electron chi connectivity index (χ3n) is 4.28. The molecule has 1 aliphatic rings. The Morgan fingerprint density at radius 1 is 1.13 bits per heavy atom. The van der Waals surface area contributed by atoms with Crippen LogP contribution in [0.5, 0.6) is 0 Å². The Morgan fingerprint density at radius 3 is 2.61 bits per heavy atom. The van der Waals surface area contributed by atoms with Crippen LogP contribution in [0.1, 0.15) is 11.1 Å². The van der Waals surface area contributed by atoms with Gasteiger partial charge in [-0.25, -0.2) is 9.78 Å². The number of anilines is 2. The second kappa shape index (κ2) is 6.64. The van der Waals surface area contributed by atoms with Crippen LogP contribution in [0.3, 0.4) is 0 Å². The molecule has 0 spiro atoms. The number of carbonyl (C=O) groups is 1. The van der Waals surface area contributed by atoms with Crippen LogP contribution in [0.4, 0.5) is 16.3 Å². The van der Waals surface area contributed by atoms with Crippen LogP contribution in [-0.4, -0.2) is 47.1 Å². The molecule has 2 amide bonds. The Hall–Kier alpha value is -2.63. The van der Waals surface area contributed by atoms with E-state index in [0.29, 0.717) is 18.9 Å². The Balaban J connectivity index is 1.60. The van der Waals surface area contributed by atoms with Gasteiger partial charge in [0.1, 0.15) is 0 Å². The molecule has 2 aromatic rings. The van der Waals surface area contributed by atoms with Gasteiger partial charge in [0.2, 0.25) is 0 Å². The van der Waals surface area contributed by atoms with Crippen molar-refractivity contribution in [2.75, 3.05) is 36.4 Å². The van der Waals surface area contributed by atoms with E-state index in [1.54, 1.807) is 18.6 Å². The van der Waals surface area contributed by atoms with Crippen LogP contribution in [0.25, 0.3) is 0 Å². The maximum Gasteiger partial charge on any atom is 0.323 e. The molecular weight excluding hydrogens is 290 g/mol. The van der Waals surface area contributed by atoms with E-state index in [2.05, 4.69) is 52.2 Å². The first-order valence-corrected chi connectivity index (χ1v) is 7.78. The predicted molar refractivity (Wildman–Crippen MR) is 90.8 cm³/mol. The minimum Gasteiger partial charge on any atom is -0.368 e. The molecule has 1 aromatic carbocycles. The molecule has 120 valence electrons. The lowest BCUT2D eigenvalue weighted by atomic mass is 10.1. The maximum absolute atomic E-state index is 12.3. The average molecular weight is 311 g/mol. The average Bonchev–Trinajstić information content (AvgIpc) is 2.58. The monoisotopic (exact) mass is 311 g/mol. The molecule has 6 nitrogen and oxygen atoms in total.